The van der Waals surface area contributed by atoms with Gasteiger partial charge >= 0.3 is 0 Å². The van der Waals surface area contributed by atoms with Crippen molar-refractivity contribution in [3.8, 4) is 5.75 Å². The van der Waals surface area contributed by atoms with Gasteiger partial charge in [-0.3, -0.25) is 0 Å². The number of anilines is 2. The van der Waals surface area contributed by atoms with Gasteiger partial charge in [0.05, 0.1) is 29.9 Å². The Morgan fingerprint density at radius 2 is 1.64 bits per heavy atom. The predicted octanol–water partition coefficient (Wildman–Crippen LogP) is 7.98. The zero-order valence-corrected chi connectivity index (χ0v) is 22.6. The summed E-state index contributed by atoms with van der Waals surface area (Å²) in [4.78, 5) is 4.78. The van der Waals surface area contributed by atoms with Crippen molar-refractivity contribution in [2.75, 3.05) is 12.4 Å². The van der Waals surface area contributed by atoms with Gasteiger partial charge in [0, 0.05) is 40.4 Å². The first-order valence-corrected chi connectivity index (χ1v) is 11.2. The summed E-state index contributed by atoms with van der Waals surface area (Å²) >= 11 is 6.23. The van der Waals surface area contributed by atoms with Crippen LogP contribution < -0.4 is 10.1 Å². The first-order valence-electron chi connectivity index (χ1n) is 10.8. The highest BCUT2D eigenvalue weighted by Crippen LogP contribution is 2.36. The number of hydrogen-bond acceptors (Lipinski definition) is 4. The number of ether oxygens (including phenoxy) is 1. The van der Waals surface area contributed by atoms with Crippen LogP contribution in [0.25, 0.3) is 21.8 Å². The maximum Gasteiger partial charge on any atom is 0.119 e. The Kier molecular flexibility index (Phi) is 10.7. The molecule has 0 aliphatic rings. The number of rotatable bonds is 7. The van der Waals surface area contributed by atoms with Crippen LogP contribution in [0.1, 0.15) is 18.1 Å². The highest BCUT2D eigenvalue weighted by atomic mass is 35.5. The second kappa shape index (κ2) is 13.0. The summed E-state index contributed by atoms with van der Waals surface area (Å²) < 4.78 is 7.51. The van der Waals surface area contributed by atoms with Crippen LogP contribution in [-0.2, 0) is 6.54 Å². The standard InChI is InChI=1S/C27H24ClN3O2.3ClH/c1-33-21-9-11-24-23(17-21)27(22-10-6-19(28)16-25(22)30-24)29-20-7-4-18(5-8-20)26(32)12-15-31-13-2-3-14-31;;;/h2-11,13-14,16-17,26,32H,12,15H2,1H3,(H,29,30);3*1H. The average Bonchev–Trinajstić information content (AvgIpc) is 3.36. The molecule has 0 fully saturated rings. The smallest absolute Gasteiger partial charge is 0.119 e. The molecule has 0 saturated heterocycles. The lowest BCUT2D eigenvalue weighted by Crippen LogP contribution is -2.03. The summed E-state index contributed by atoms with van der Waals surface area (Å²) in [6.07, 6.45) is 4.15. The van der Waals surface area contributed by atoms with Gasteiger partial charge in [0.1, 0.15) is 5.75 Å². The molecule has 0 saturated carbocycles. The van der Waals surface area contributed by atoms with E-state index in [2.05, 4.69) is 9.88 Å². The number of aryl methyl sites for hydroxylation is 1. The molecular formula is C27H27Cl4N3O2. The summed E-state index contributed by atoms with van der Waals surface area (Å²) in [6.45, 7) is 0.771. The number of methoxy groups -OCH3 is 1. The number of halogens is 4. The number of fused-ring (bicyclic) bond motifs is 2. The third-order valence-electron chi connectivity index (χ3n) is 5.83. The molecule has 0 aliphatic heterocycles. The molecule has 1 unspecified atom stereocenters. The van der Waals surface area contributed by atoms with E-state index < -0.39 is 6.10 Å². The molecule has 5 aromatic rings. The van der Waals surface area contributed by atoms with Crippen molar-refractivity contribution in [3.05, 3.63) is 95.8 Å². The molecule has 0 radical (unpaired) electrons. The van der Waals surface area contributed by atoms with Crippen LogP contribution in [0.4, 0.5) is 11.4 Å². The molecule has 5 nitrogen and oxygen atoms in total. The summed E-state index contributed by atoms with van der Waals surface area (Å²) in [6, 6.07) is 23.4. The lowest BCUT2D eigenvalue weighted by atomic mass is 10.0. The first kappa shape index (κ1) is 29.6. The van der Waals surface area contributed by atoms with Crippen LogP contribution in [-0.4, -0.2) is 21.8 Å². The van der Waals surface area contributed by atoms with Gasteiger partial charge in [0.2, 0.25) is 0 Å². The van der Waals surface area contributed by atoms with E-state index in [0.717, 1.165) is 51.0 Å². The summed E-state index contributed by atoms with van der Waals surface area (Å²) in [7, 11) is 1.66. The fourth-order valence-corrected chi connectivity index (χ4v) is 4.21. The van der Waals surface area contributed by atoms with Crippen LogP contribution >= 0.6 is 48.8 Å². The zero-order chi connectivity index (χ0) is 22.8. The average molecular weight is 567 g/mol. The molecule has 1 atom stereocenters. The normalized spacial score (nSPS) is 11.2. The maximum atomic E-state index is 10.6. The molecule has 2 heterocycles. The van der Waals surface area contributed by atoms with E-state index in [1.165, 1.54) is 0 Å². The number of aliphatic hydroxyl groups is 1. The Bertz CT molecular complexity index is 1410. The lowest BCUT2D eigenvalue weighted by molar-refractivity contribution is 0.161. The van der Waals surface area contributed by atoms with E-state index in [0.29, 0.717) is 11.4 Å². The van der Waals surface area contributed by atoms with E-state index in [1.54, 1.807) is 7.11 Å². The van der Waals surface area contributed by atoms with Gasteiger partial charge in [-0.05, 0) is 72.6 Å². The Morgan fingerprint density at radius 3 is 2.33 bits per heavy atom. The number of benzene rings is 3. The quantitative estimate of drug-likeness (QED) is 0.196. The van der Waals surface area contributed by atoms with Crippen LogP contribution in [0, 0.1) is 0 Å². The number of nitrogens with one attached hydrogen (secondary N) is 1. The highest BCUT2D eigenvalue weighted by Gasteiger charge is 2.12. The summed E-state index contributed by atoms with van der Waals surface area (Å²) in [5.41, 5.74) is 4.42. The fraction of sp³-hybridized carbons (Fsp3) is 0.148. The predicted molar refractivity (Wildman–Crippen MR) is 156 cm³/mol. The van der Waals surface area contributed by atoms with Gasteiger partial charge in [-0.25, -0.2) is 4.98 Å². The molecule has 0 aliphatic carbocycles. The third-order valence-corrected chi connectivity index (χ3v) is 6.07. The number of hydrogen-bond donors (Lipinski definition) is 2. The molecule has 36 heavy (non-hydrogen) atoms. The Morgan fingerprint density at radius 1 is 0.917 bits per heavy atom. The van der Waals surface area contributed by atoms with Crippen molar-refractivity contribution in [1.82, 2.24) is 9.55 Å². The molecule has 3 aromatic carbocycles. The van der Waals surface area contributed by atoms with Crippen molar-refractivity contribution in [2.45, 2.75) is 19.1 Å². The maximum absolute atomic E-state index is 10.6. The van der Waals surface area contributed by atoms with Gasteiger partial charge in [0.25, 0.3) is 0 Å². The summed E-state index contributed by atoms with van der Waals surface area (Å²) in [5, 5.41) is 16.7. The molecule has 9 heteroatoms. The second-order valence-corrected chi connectivity index (χ2v) is 8.44. The first-order chi connectivity index (χ1) is 16.1. The minimum atomic E-state index is -0.518. The minimum Gasteiger partial charge on any atom is -0.497 e. The van der Waals surface area contributed by atoms with E-state index in [4.69, 9.17) is 21.3 Å². The van der Waals surface area contributed by atoms with Crippen molar-refractivity contribution < 1.29 is 9.84 Å². The molecule has 5 rings (SSSR count). The molecule has 0 bridgehead atoms. The van der Waals surface area contributed by atoms with Gasteiger partial charge in [-0.2, -0.15) is 0 Å². The zero-order valence-electron chi connectivity index (χ0n) is 19.4. The highest BCUT2D eigenvalue weighted by molar-refractivity contribution is 6.31. The van der Waals surface area contributed by atoms with Gasteiger partial charge < -0.3 is 19.7 Å². The largest absolute Gasteiger partial charge is 0.497 e. The molecule has 190 valence electrons. The van der Waals surface area contributed by atoms with Gasteiger partial charge in [0.15, 0.2) is 0 Å². The van der Waals surface area contributed by atoms with Gasteiger partial charge in [-0.1, -0.05) is 23.7 Å². The van der Waals surface area contributed by atoms with Crippen molar-refractivity contribution in [3.63, 3.8) is 0 Å². The number of pyridine rings is 1. The lowest BCUT2D eigenvalue weighted by Gasteiger charge is -2.16. The molecule has 0 spiro atoms. The number of nitrogens with zero attached hydrogens (tertiary/aromatic N) is 2. The van der Waals surface area contributed by atoms with Gasteiger partial charge in [-0.15, -0.1) is 37.2 Å². The topological polar surface area (TPSA) is 59.3 Å². The van der Waals surface area contributed by atoms with Crippen molar-refractivity contribution >= 4 is 82.0 Å². The van der Waals surface area contributed by atoms with E-state index in [1.807, 2.05) is 85.2 Å². The summed E-state index contributed by atoms with van der Waals surface area (Å²) in [5.74, 6) is 0.766. The number of aromatic nitrogens is 2. The van der Waals surface area contributed by atoms with E-state index in [9.17, 15) is 5.11 Å². The third kappa shape index (κ3) is 6.36. The Hall–Kier alpha value is -2.67. The number of aliphatic hydroxyl groups excluding tert-OH is 1. The van der Waals surface area contributed by atoms with Crippen LogP contribution in [0.5, 0.6) is 5.75 Å². The van der Waals surface area contributed by atoms with Crippen molar-refractivity contribution in [2.24, 2.45) is 0 Å². The monoisotopic (exact) mass is 565 g/mol. The SMILES string of the molecule is COc1ccc2nc3cc(Cl)ccc3c(Nc3ccc(C(O)CCn4cccc4)cc3)c2c1.Cl.Cl.Cl. The van der Waals surface area contributed by atoms with Crippen LogP contribution in [0.3, 0.4) is 0 Å². The van der Waals surface area contributed by atoms with Crippen LogP contribution in [0.15, 0.2) is 85.2 Å². The Balaban J connectivity index is 0.00000152. The van der Waals surface area contributed by atoms with E-state index in [-0.39, 0.29) is 37.2 Å². The molecular weight excluding hydrogens is 540 g/mol. The fourth-order valence-electron chi connectivity index (χ4n) is 4.05. The minimum absolute atomic E-state index is 0. The second-order valence-electron chi connectivity index (χ2n) is 8.00. The van der Waals surface area contributed by atoms with Crippen molar-refractivity contribution in [1.29, 1.82) is 0 Å². The molecule has 2 aromatic heterocycles. The molecule has 2 N–H and O–H groups in total. The van der Waals surface area contributed by atoms with E-state index >= 15 is 0 Å². The van der Waals surface area contributed by atoms with Crippen LogP contribution in [0.2, 0.25) is 5.02 Å². The molecule has 0 amide bonds. The Labute approximate surface area is 233 Å².